The van der Waals surface area contributed by atoms with E-state index in [2.05, 4.69) is 38.3 Å². The van der Waals surface area contributed by atoms with Gasteiger partial charge in [-0.05, 0) is 44.4 Å². The Bertz CT molecular complexity index is 337. The maximum absolute atomic E-state index is 5.85. The SMILES string of the molecule is Cc1ccc(C)c(OC(C)CNN)c1C. The molecule has 0 bridgehead atoms. The van der Waals surface area contributed by atoms with Crippen LogP contribution < -0.4 is 16.0 Å². The van der Waals surface area contributed by atoms with E-state index in [0.717, 1.165) is 5.75 Å². The Morgan fingerprint density at radius 1 is 1.27 bits per heavy atom. The fourth-order valence-corrected chi connectivity index (χ4v) is 1.52. The summed E-state index contributed by atoms with van der Waals surface area (Å²) in [4.78, 5) is 0. The van der Waals surface area contributed by atoms with Crippen molar-refractivity contribution in [2.75, 3.05) is 6.54 Å². The van der Waals surface area contributed by atoms with Crippen molar-refractivity contribution in [3.8, 4) is 5.75 Å². The summed E-state index contributed by atoms with van der Waals surface area (Å²) < 4.78 is 5.85. The third kappa shape index (κ3) is 2.94. The summed E-state index contributed by atoms with van der Waals surface area (Å²) in [6.45, 7) is 8.88. The van der Waals surface area contributed by atoms with Crippen LogP contribution in [0.4, 0.5) is 0 Å². The number of hydrazine groups is 1. The topological polar surface area (TPSA) is 47.3 Å². The molecule has 1 atom stereocenters. The lowest BCUT2D eigenvalue weighted by atomic mass is 10.1. The number of nitrogens with one attached hydrogen (secondary N) is 1. The van der Waals surface area contributed by atoms with Crippen molar-refractivity contribution in [3.63, 3.8) is 0 Å². The van der Waals surface area contributed by atoms with E-state index in [-0.39, 0.29) is 6.10 Å². The van der Waals surface area contributed by atoms with Crippen LogP contribution in [0.5, 0.6) is 5.75 Å². The number of rotatable bonds is 4. The fourth-order valence-electron chi connectivity index (χ4n) is 1.52. The molecule has 0 amide bonds. The molecule has 0 saturated carbocycles. The zero-order valence-corrected chi connectivity index (χ0v) is 9.92. The number of hydrogen-bond donors (Lipinski definition) is 2. The standard InChI is InChI=1S/C12H20N2O/c1-8-5-6-9(2)12(11(8)4)15-10(3)7-14-13/h5-6,10,14H,7,13H2,1-4H3. The van der Waals surface area contributed by atoms with Crippen molar-refractivity contribution in [3.05, 3.63) is 28.8 Å². The second kappa shape index (κ2) is 5.14. The van der Waals surface area contributed by atoms with E-state index >= 15 is 0 Å². The van der Waals surface area contributed by atoms with E-state index in [4.69, 9.17) is 10.6 Å². The Morgan fingerprint density at radius 3 is 2.47 bits per heavy atom. The first kappa shape index (κ1) is 12.0. The summed E-state index contributed by atoms with van der Waals surface area (Å²) in [6, 6.07) is 4.20. The molecule has 0 saturated heterocycles. The molecule has 0 spiro atoms. The first-order valence-electron chi connectivity index (χ1n) is 5.23. The van der Waals surface area contributed by atoms with E-state index in [1.54, 1.807) is 0 Å². The number of hydrogen-bond acceptors (Lipinski definition) is 3. The first-order valence-corrected chi connectivity index (χ1v) is 5.23. The largest absolute Gasteiger partial charge is 0.489 e. The zero-order chi connectivity index (χ0) is 11.4. The second-order valence-corrected chi connectivity index (χ2v) is 3.99. The van der Waals surface area contributed by atoms with Gasteiger partial charge in [0.1, 0.15) is 11.9 Å². The van der Waals surface area contributed by atoms with Crippen molar-refractivity contribution < 1.29 is 4.74 Å². The molecule has 0 aliphatic carbocycles. The molecule has 3 nitrogen and oxygen atoms in total. The smallest absolute Gasteiger partial charge is 0.125 e. The highest BCUT2D eigenvalue weighted by atomic mass is 16.5. The van der Waals surface area contributed by atoms with Gasteiger partial charge in [0.05, 0.1) is 0 Å². The monoisotopic (exact) mass is 208 g/mol. The number of aryl methyl sites for hydroxylation is 2. The Labute approximate surface area is 91.6 Å². The Kier molecular flexibility index (Phi) is 4.12. The van der Waals surface area contributed by atoms with Gasteiger partial charge in [0.25, 0.3) is 0 Å². The van der Waals surface area contributed by atoms with Crippen molar-refractivity contribution in [1.29, 1.82) is 0 Å². The van der Waals surface area contributed by atoms with Crippen LogP contribution >= 0.6 is 0 Å². The summed E-state index contributed by atoms with van der Waals surface area (Å²) in [5.74, 6) is 6.24. The van der Waals surface area contributed by atoms with E-state index < -0.39 is 0 Å². The van der Waals surface area contributed by atoms with Gasteiger partial charge in [-0.25, -0.2) is 0 Å². The molecular formula is C12H20N2O. The van der Waals surface area contributed by atoms with Crippen LogP contribution in [-0.4, -0.2) is 12.6 Å². The quantitative estimate of drug-likeness (QED) is 0.586. The Balaban J connectivity index is 2.88. The molecule has 0 aliphatic rings. The van der Waals surface area contributed by atoms with Crippen molar-refractivity contribution in [1.82, 2.24) is 5.43 Å². The molecule has 3 N–H and O–H groups in total. The molecule has 0 fully saturated rings. The highest BCUT2D eigenvalue weighted by Crippen LogP contribution is 2.26. The average Bonchev–Trinajstić information content (AvgIpc) is 2.19. The molecule has 1 aromatic rings. The number of benzene rings is 1. The van der Waals surface area contributed by atoms with Gasteiger partial charge in [-0.1, -0.05) is 12.1 Å². The summed E-state index contributed by atoms with van der Waals surface area (Å²) in [6.07, 6.45) is 0.0780. The lowest BCUT2D eigenvalue weighted by molar-refractivity contribution is 0.215. The highest BCUT2D eigenvalue weighted by molar-refractivity contribution is 5.44. The van der Waals surface area contributed by atoms with Gasteiger partial charge in [0.2, 0.25) is 0 Å². The van der Waals surface area contributed by atoms with Crippen LogP contribution in [0.15, 0.2) is 12.1 Å². The molecule has 0 aliphatic heterocycles. The molecule has 0 heterocycles. The van der Waals surface area contributed by atoms with Crippen LogP contribution in [0.2, 0.25) is 0 Å². The van der Waals surface area contributed by atoms with Gasteiger partial charge in [0, 0.05) is 6.54 Å². The van der Waals surface area contributed by atoms with E-state index in [9.17, 15) is 0 Å². The lowest BCUT2D eigenvalue weighted by Gasteiger charge is -2.19. The van der Waals surface area contributed by atoms with E-state index in [1.165, 1.54) is 16.7 Å². The van der Waals surface area contributed by atoms with Gasteiger partial charge >= 0.3 is 0 Å². The maximum Gasteiger partial charge on any atom is 0.125 e. The normalized spacial score (nSPS) is 12.6. The predicted molar refractivity (Wildman–Crippen MR) is 62.9 cm³/mol. The maximum atomic E-state index is 5.85. The number of ether oxygens (including phenoxy) is 1. The lowest BCUT2D eigenvalue weighted by Crippen LogP contribution is -2.33. The van der Waals surface area contributed by atoms with Gasteiger partial charge in [-0.3, -0.25) is 11.3 Å². The molecule has 1 aromatic carbocycles. The minimum atomic E-state index is 0.0780. The minimum absolute atomic E-state index is 0.0780. The van der Waals surface area contributed by atoms with Crippen molar-refractivity contribution >= 4 is 0 Å². The van der Waals surface area contributed by atoms with Crippen LogP contribution in [-0.2, 0) is 0 Å². The number of nitrogens with two attached hydrogens (primary N) is 1. The molecular weight excluding hydrogens is 188 g/mol. The third-order valence-corrected chi connectivity index (χ3v) is 2.60. The molecule has 3 heteroatoms. The molecule has 1 rings (SSSR count). The van der Waals surface area contributed by atoms with Crippen LogP contribution in [0.3, 0.4) is 0 Å². The predicted octanol–water partition coefficient (Wildman–Crippen LogP) is 1.84. The van der Waals surface area contributed by atoms with E-state index in [1.807, 2.05) is 6.92 Å². The fraction of sp³-hybridized carbons (Fsp3) is 0.500. The third-order valence-electron chi connectivity index (χ3n) is 2.60. The van der Waals surface area contributed by atoms with Gasteiger partial charge in [0.15, 0.2) is 0 Å². The first-order chi connectivity index (χ1) is 7.06. The highest BCUT2D eigenvalue weighted by Gasteiger charge is 2.09. The van der Waals surface area contributed by atoms with Gasteiger partial charge in [-0.2, -0.15) is 0 Å². The molecule has 1 unspecified atom stereocenters. The second-order valence-electron chi connectivity index (χ2n) is 3.99. The Hall–Kier alpha value is -1.06. The van der Waals surface area contributed by atoms with Crippen LogP contribution in [0, 0.1) is 20.8 Å². The summed E-state index contributed by atoms with van der Waals surface area (Å²) >= 11 is 0. The van der Waals surface area contributed by atoms with Crippen molar-refractivity contribution in [2.24, 2.45) is 5.84 Å². The van der Waals surface area contributed by atoms with Crippen LogP contribution in [0.1, 0.15) is 23.6 Å². The molecule has 84 valence electrons. The van der Waals surface area contributed by atoms with Gasteiger partial charge < -0.3 is 4.74 Å². The molecule has 0 radical (unpaired) electrons. The molecule has 0 aromatic heterocycles. The summed E-state index contributed by atoms with van der Waals surface area (Å²) in [5.41, 5.74) is 6.25. The Morgan fingerprint density at radius 2 is 1.87 bits per heavy atom. The molecule has 15 heavy (non-hydrogen) atoms. The zero-order valence-electron chi connectivity index (χ0n) is 9.92. The van der Waals surface area contributed by atoms with Crippen LogP contribution in [0.25, 0.3) is 0 Å². The van der Waals surface area contributed by atoms with Crippen molar-refractivity contribution in [2.45, 2.75) is 33.8 Å². The summed E-state index contributed by atoms with van der Waals surface area (Å²) in [5, 5.41) is 0. The summed E-state index contributed by atoms with van der Waals surface area (Å²) in [7, 11) is 0. The van der Waals surface area contributed by atoms with Gasteiger partial charge in [-0.15, -0.1) is 0 Å². The van der Waals surface area contributed by atoms with E-state index in [0.29, 0.717) is 6.54 Å². The average molecular weight is 208 g/mol. The minimum Gasteiger partial charge on any atom is -0.489 e.